The minimum absolute atomic E-state index is 0.195. The van der Waals surface area contributed by atoms with Crippen LogP contribution in [0.2, 0.25) is 10.0 Å². The molecular weight excluding hydrogens is 321 g/mol. The molecule has 2 aromatic carbocycles. The van der Waals surface area contributed by atoms with Crippen LogP contribution in [0.3, 0.4) is 0 Å². The van der Waals surface area contributed by atoms with Gasteiger partial charge in [0.05, 0.1) is 27.4 Å². The van der Waals surface area contributed by atoms with Gasteiger partial charge >= 0.3 is 0 Å². The maximum absolute atomic E-state index is 11.9. The van der Waals surface area contributed by atoms with Crippen LogP contribution >= 0.6 is 23.2 Å². The summed E-state index contributed by atoms with van der Waals surface area (Å²) in [6, 6.07) is 14.2. The fraction of sp³-hybridized carbons (Fsp3) is 0.125. The molecule has 0 aromatic heterocycles. The molecule has 0 fully saturated rings. The van der Waals surface area contributed by atoms with Gasteiger partial charge in [-0.3, -0.25) is 4.79 Å². The molecule has 0 unspecified atom stereocenters. The third kappa shape index (κ3) is 4.39. The second kappa shape index (κ2) is 7.69. The zero-order valence-electron chi connectivity index (χ0n) is 11.6. The molecule has 0 aliphatic rings. The highest BCUT2D eigenvalue weighted by Crippen LogP contribution is 2.29. The normalized spacial score (nSPS) is 9.86. The van der Waals surface area contributed by atoms with E-state index in [1.807, 2.05) is 6.07 Å². The molecule has 0 saturated carbocycles. The van der Waals surface area contributed by atoms with Gasteiger partial charge in [0.2, 0.25) is 5.91 Å². The third-order valence-corrected chi connectivity index (χ3v) is 3.53. The van der Waals surface area contributed by atoms with E-state index in [-0.39, 0.29) is 12.3 Å². The summed E-state index contributed by atoms with van der Waals surface area (Å²) in [6.07, 6.45) is 0.248. The van der Waals surface area contributed by atoms with Crippen molar-refractivity contribution in [3.63, 3.8) is 0 Å². The first kappa shape index (κ1) is 16.2. The van der Waals surface area contributed by atoms with E-state index in [0.29, 0.717) is 27.8 Å². The molecule has 0 saturated heterocycles. The Kier molecular flexibility index (Phi) is 5.65. The molecule has 112 valence electrons. The SMILES string of the molecule is N#Cc1cccc(NCCC(=O)Nc2c(Cl)cccc2Cl)c1. The minimum Gasteiger partial charge on any atom is -0.384 e. The van der Waals surface area contributed by atoms with Crippen molar-refractivity contribution in [1.29, 1.82) is 5.26 Å². The smallest absolute Gasteiger partial charge is 0.226 e. The minimum atomic E-state index is -0.195. The number of halogens is 2. The molecule has 0 radical (unpaired) electrons. The first-order valence-electron chi connectivity index (χ1n) is 6.58. The Labute approximate surface area is 138 Å². The molecule has 1 amide bonds. The highest BCUT2D eigenvalue weighted by molar-refractivity contribution is 6.39. The van der Waals surface area contributed by atoms with Crippen molar-refractivity contribution >= 4 is 40.5 Å². The predicted molar refractivity (Wildman–Crippen MR) is 89.4 cm³/mol. The maximum Gasteiger partial charge on any atom is 0.226 e. The molecule has 0 aliphatic heterocycles. The van der Waals surface area contributed by atoms with Crippen LogP contribution in [0.1, 0.15) is 12.0 Å². The zero-order chi connectivity index (χ0) is 15.9. The number of carbonyl (C=O) groups is 1. The average Bonchev–Trinajstić information content (AvgIpc) is 2.51. The largest absolute Gasteiger partial charge is 0.384 e. The van der Waals surface area contributed by atoms with Gasteiger partial charge in [0.15, 0.2) is 0 Å². The molecule has 0 heterocycles. The molecule has 0 bridgehead atoms. The molecule has 6 heteroatoms. The van der Waals surface area contributed by atoms with Crippen molar-refractivity contribution in [3.8, 4) is 6.07 Å². The lowest BCUT2D eigenvalue weighted by Crippen LogP contribution is -2.16. The van der Waals surface area contributed by atoms with Crippen molar-refractivity contribution in [2.24, 2.45) is 0 Å². The molecule has 0 aliphatic carbocycles. The van der Waals surface area contributed by atoms with Gasteiger partial charge < -0.3 is 10.6 Å². The Hall–Kier alpha value is -2.22. The number of hydrogen-bond donors (Lipinski definition) is 2. The van der Waals surface area contributed by atoms with Gasteiger partial charge in [-0.15, -0.1) is 0 Å². The summed E-state index contributed by atoms with van der Waals surface area (Å²) in [4.78, 5) is 11.9. The molecule has 2 aromatic rings. The highest BCUT2D eigenvalue weighted by atomic mass is 35.5. The maximum atomic E-state index is 11.9. The van der Waals surface area contributed by atoms with Gasteiger partial charge in [-0.05, 0) is 30.3 Å². The van der Waals surface area contributed by atoms with Gasteiger partial charge in [-0.25, -0.2) is 0 Å². The van der Waals surface area contributed by atoms with E-state index in [1.165, 1.54) is 0 Å². The Bertz CT molecular complexity index is 705. The third-order valence-electron chi connectivity index (χ3n) is 2.90. The molecule has 0 spiro atoms. The van der Waals surface area contributed by atoms with Crippen LogP contribution in [0, 0.1) is 11.3 Å². The van der Waals surface area contributed by atoms with E-state index in [1.54, 1.807) is 36.4 Å². The predicted octanol–water partition coefficient (Wildman–Crippen LogP) is 4.31. The number of para-hydroxylation sites is 1. The van der Waals surface area contributed by atoms with E-state index in [0.717, 1.165) is 5.69 Å². The van der Waals surface area contributed by atoms with E-state index in [4.69, 9.17) is 28.5 Å². The summed E-state index contributed by atoms with van der Waals surface area (Å²) in [5, 5.41) is 15.4. The summed E-state index contributed by atoms with van der Waals surface area (Å²) < 4.78 is 0. The van der Waals surface area contributed by atoms with E-state index < -0.39 is 0 Å². The summed E-state index contributed by atoms with van der Waals surface area (Å²) in [5.41, 5.74) is 1.78. The first-order chi connectivity index (χ1) is 10.6. The van der Waals surface area contributed by atoms with Gasteiger partial charge in [0.25, 0.3) is 0 Å². The number of hydrogen-bond acceptors (Lipinski definition) is 3. The highest BCUT2D eigenvalue weighted by Gasteiger charge is 2.09. The van der Waals surface area contributed by atoms with E-state index >= 15 is 0 Å². The number of rotatable bonds is 5. The number of amides is 1. The van der Waals surface area contributed by atoms with Crippen LogP contribution in [-0.4, -0.2) is 12.5 Å². The van der Waals surface area contributed by atoms with E-state index in [9.17, 15) is 4.79 Å². The van der Waals surface area contributed by atoms with Gasteiger partial charge in [0.1, 0.15) is 0 Å². The van der Waals surface area contributed by atoms with E-state index in [2.05, 4.69) is 16.7 Å². The fourth-order valence-electron chi connectivity index (χ4n) is 1.84. The van der Waals surface area contributed by atoms with Crippen molar-refractivity contribution in [3.05, 3.63) is 58.1 Å². The van der Waals surface area contributed by atoms with Crippen molar-refractivity contribution in [2.75, 3.05) is 17.2 Å². The Balaban J connectivity index is 1.87. The van der Waals surface area contributed by atoms with Gasteiger partial charge in [-0.1, -0.05) is 35.3 Å². The summed E-state index contributed by atoms with van der Waals surface area (Å²) in [6.45, 7) is 0.433. The first-order valence-corrected chi connectivity index (χ1v) is 7.33. The zero-order valence-corrected chi connectivity index (χ0v) is 13.1. The van der Waals surface area contributed by atoms with Crippen LogP contribution in [-0.2, 0) is 4.79 Å². The molecule has 22 heavy (non-hydrogen) atoms. The molecule has 4 nitrogen and oxygen atoms in total. The van der Waals surface area contributed by atoms with Crippen LogP contribution < -0.4 is 10.6 Å². The van der Waals surface area contributed by atoms with Gasteiger partial charge in [-0.2, -0.15) is 5.26 Å². The van der Waals surface area contributed by atoms with Crippen LogP contribution in [0.15, 0.2) is 42.5 Å². The fourth-order valence-corrected chi connectivity index (χ4v) is 2.33. The summed E-state index contributed by atoms with van der Waals surface area (Å²) >= 11 is 12.0. The monoisotopic (exact) mass is 333 g/mol. The van der Waals surface area contributed by atoms with Crippen LogP contribution in [0.4, 0.5) is 11.4 Å². The molecule has 0 atom stereocenters. The number of benzene rings is 2. The second-order valence-electron chi connectivity index (χ2n) is 4.51. The average molecular weight is 334 g/mol. The number of anilines is 2. The lowest BCUT2D eigenvalue weighted by molar-refractivity contribution is -0.115. The van der Waals surface area contributed by atoms with Crippen molar-refractivity contribution < 1.29 is 4.79 Å². The van der Waals surface area contributed by atoms with Crippen molar-refractivity contribution in [1.82, 2.24) is 0 Å². The standard InChI is InChI=1S/C16H13Cl2N3O/c17-13-5-2-6-14(18)16(13)21-15(22)7-8-20-12-4-1-3-11(9-12)10-19/h1-6,9,20H,7-8H2,(H,21,22). The Morgan fingerprint density at radius 3 is 2.50 bits per heavy atom. The van der Waals surface area contributed by atoms with Crippen LogP contribution in [0.5, 0.6) is 0 Å². The van der Waals surface area contributed by atoms with Crippen LogP contribution in [0.25, 0.3) is 0 Å². The number of carbonyl (C=O) groups excluding carboxylic acids is 1. The second-order valence-corrected chi connectivity index (χ2v) is 5.33. The molecule has 2 N–H and O–H groups in total. The number of nitrogens with one attached hydrogen (secondary N) is 2. The van der Waals surface area contributed by atoms with Crippen molar-refractivity contribution in [2.45, 2.75) is 6.42 Å². The lowest BCUT2D eigenvalue weighted by Gasteiger charge is -2.10. The quantitative estimate of drug-likeness (QED) is 0.856. The Morgan fingerprint density at radius 1 is 1.14 bits per heavy atom. The molecular formula is C16H13Cl2N3O. The summed E-state index contributed by atoms with van der Waals surface area (Å²) in [7, 11) is 0. The topological polar surface area (TPSA) is 64.9 Å². The Morgan fingerprint density at radius 2 is 1.82 bits per heavy atom. The summed E-state index contributed by atoms with van der Waals surface area (Å²) in [5.74, 6) is -0.195. The number of nitrogens with zero attached hydrogens (tertiary/aromatic N) is 1. The van der Waals surface area contributed by atoms with Gasteiger partial charge in [0, 0.05) is 18.7 Å². The number of nitriles is 1. The lowest BCUT2D eigenvalue weighted by atomic mass is 10.2. The molecule has 2 rings (SSSR count).